The van der Waals surface area contributed by atoms with Gasteiger partial charge in [0.15, 0.2) is 0 Å². The van der Waals surface area contributed by atoms with E-state index in [4.69, 9.17) is 5.73 Å². The Morgan fingerprint density at radius 1 is 0.474 bits per heavy atom. The van der Waals surface area contributed by atoms with Crippen LogP contribution in [-0.2, 0) is 6.54 Å². The first-order valence-electron chi connectivity index (χ1n) is 19.6. The van der Waals surface area contributed by atoms with E-state index in [9.17, 15) is 0 Å². The summed E-state index contributed by atoms with van der Waals surface area (Å²) in [6.45, 7) is 0.670. The van der Waals surface area contributed by atoms with Crippen LogP contribution in [0.3, 0.4) is 0 Å². The van der Waals surface area contributed by atoms with Crippen LogP contribution in [0.1, 0.15) is 22.7 Å². The number of nitrogens with two attached hydrogens (primary N) is 1. The van der Waals surface area contributed by atoms with Crippen LogP contribution in [0, 0.1) is 0 Å². The fourth-order valence-electron chi connectivity index (χ4n) is 8.48. The molecule has 0 bridgehead atoms. The normalized spacial score (nSPS) is 12.4. The molecule has 0 saturated carbocycles. The van der Waals surface area contributed by atoms with Crippen LogP contribution in [0.5, 0.6) is 0 Å². The molecule has 0 spiro atoms. The lowest BCUT2D eigenvalue weighted by Gasteiger charge is -2.18. The summed E-state index contributed by atoms with van der Waals surface area (Å²) in [6, 6.07) is 71.1. The van der Waals surface area contributed by atoms with Crippen molar-refractivity contribution >= 4 is 70.9 Å². The molecule has 0 amide bonds. The zero-order valence-corrected chi connectivity index (χ0v) is 31.5. The Bertz CT molecular complexity index is 3110. The third-order valence-electron chi connectivity index (χ3n) is 11.3. The molecule has 0 aliphatic rings. The third-order valence-corrected chi connectivity index (χ3v) is 11.3. The monoisotopic (exact) mass is 731 g/mol. The van der Waals surface area contributed by atoms with Gasteiger partial charge in [-0.15, -0.1) is 0 Å². The summed E-state index contributed by atoms with van der Waals surface area (Å²) in [7, 11) is 0. The van der Waals surface area contributed by atoms with E-state index in [2.05, 4.69) is 211 Å². The molecule has 0 fully saturated rings. The Kier molecular flexibility index (Phi) is 8.91. The first-order valence-corrected chi connectivity index (χ1v) is 19.6. The van der Waals surface area contributed by atoms with Gasteiger partial charge in [0.25, 0.3) is 0 Å². The van der Waals surface area contributed by atoms with Crippen molar-refractivity contribution in [2.45, 2.75) is 12.6 Å². The van der Waals surface area contributed by atoms with Gasteiger partial charge in [0.1, 0.15) is 0 Å². The van der Waals surface area contributed by atoms with Gasteiger partial charge < -0.3 is 16.4 Å². The minimum Gasteiger partial charge on any atom is -0.381 e. The van der Waals surface area contributed by atoms with E-state index >= 15 is 0 Å². The van der Waals surface area contributed by atoms with Crippen LogP contribution in [0.4, 0.5) is 11.4 Å². The molecule has 1 atom stereocenters. The van der Waals surface area contributed by atoms with Crippen LogP contribution < -0.4 is 16.4 Å². The van der Waals surface area contributed by atoms with Gasteiger partial charge >= 0.3 is 0 Å². The van der Waals surface area contributed by atoms with Gasteiger partial charge in [-0.1, -0.05) is 170 Å². The number of para-hydroxylation sites is 1. The van der Waals surface area contributed by atoms with Gasteiger partial charge in [-0.05, 0) is 113 Å². The van der Waals surface area contributed by atoms with Gasteiger partial charge in [0.2, 0.25) is 0 Å². The van der Waals surface area contributed by atoms with Crippen LogP contribution in [-0.4, -0.2) is 0 Å². The molecule has 10 aromatic rings. The van der Waals surface area contributed by atoms with Crippen LogP contribution in [0.15, 0.2) is 206 Å². The van der Waals surface area contributed by atoms with Gasteiger partial charge in [0, 0.05) is 29.2 Å². The zero-order valence-electron chi connectivity index (χ0n) is 31.5. The summed E-state index contributed by atoms with van der Waals surface area (Å²) in [5.41, 5.74) is 15.8. The second-order valence-electron chi connectivity index (χ2n) is 14.8. The van der Waals surface area contributed by atoms with E-state index in [-0.39, 0.29) is 6.04 Å². The fourth-order valence-corrected chi connectivity index (χ4v) is 8.48. The van der Waals surface area contributed by atoms with E-state index in [0.29, 0.717) is 6.54 Å². The SMILES string of the molecule is NC(/C=C(\NCc1cc2ccccc2c2ccccc12)c1ccccc1)c1ccc(Nc2ccccc2-c2cc3ccccc3c3ccc4ccccc4c23)cc1. The molecule has 4 N–H and O–H groups in total. The summed E-state index contributed by atoms with van der Waals surface area (Å²) in [4.78, 5) is 0. The van der Waals surface area contributed by atoms with Crippen molar-refractivity contribution in [3.05, 3.63) is 223 Å². The standard InChI is InChI=1S/C54H41N3/c55-51(34-53(38-15-2-1-3-16-38)56-35-41-32-39-17-5-7-19-43(39)47-23-11-10-21-45(41)47)37-26-29-42(30-27-37)57-52-25-13-12-24-48(52)50-33-40-18-6-8-20-44(40)49-31-28-36-14-4-9-22-46(36)54(49)50/h1-34,51,56-57H,35,55H2/b53-34-. The highest BCUT2D eigenvalue weighted by molar-refractivity contribution is 6.23. The topological polar surface area (TPSA) is 50.1 Å². The first kappa shape index (κ1) is 34.3. The molecule has 3 nitrogen and oxygen atoms in total. The molecule has 0 heterocycles. The molecular formula is C54H41N3. The highest BCUT2D eigenvalue weighted by Gasteiger charge is 2.15. The lowest BCUT2D eigenvalue weighted by atomic mass is 9.89. The first-order chi connectivity index (χ1) is 28.2. The molecule has 0 aliphatic heterocycles. The lowest BCUT2D eigenvalue weighted by Crippen LogP contribution is -2.16. The van der Waals surface area contributed by atoms with E-state index < -0.39 is 0 Å². The van der Waals surface area contributed by atoms with Gasteiger partial charge in [0.05, 0.1) is 6.04 Å². The number of anilines is 2. The predicted octanol–water partition coefficient (Wildman–Crippen LogP) is 13.7. The molecule has 3 heteroatoms. The molecule has 0 aromatic heterocycles. The second kappa shape index (κ2) is 14.8. The Morgan fingerprint density at radius 3 is 1.84 bits per heavy atom. The number of rotatable bonds is 9. The van der Waals surface area contributed by atoms with Crippen molar-refractivity contribution in [1.82, 2.24) is 5.32 Å². The maximum Gasteiger partial charge on any atom is 0.0504 e. The highest BCUT2D eigenvalue weighted by atomic mass is 14.9. The summed E-state index contributed by atoms with van der Waals surface area (Å²) in [5.74, 6) is 0. The molecule has 57 heavy (non-hydrogen) atoms. The molecule has 0 aliphatic carbocycles. The van der Waals surface area contributed by atoms with Crippen LogP contribution in [0.2, 0.25) is 0 Å². The van der Waals surface area contributed by atoms with Gasteiger partial charge in [-0.25, -0.2) is 0 Å². The third kappa shape index (κ3) is 6.54. The van der Waals surface area contributed by atoms with E-state index in [1.807, 2.05) is 6.07 Å². The van der Waals surface area contributed by atoms with Crippen molar-refractivity contribution in [3.8, 4) is 11.1 Å². The molecule has 10 aromatic carbocycles. The average Bonchev–Trinajstić information content (AvgIpc) is 3.28. The Balaban J connectivity index is 0.959. The number of fused-ring (bicyclic) bond motifs is 8. The largest absolute Gasteiger partial charge is 0.381 e. The maximum atomic E-state index is 6.98. The van der Waals surface area contributed by atoms with Crippen molar-refractivity contribution in [2.75, 3.05) is 5.32 Å². The van der Waals surface area contributed by atoms with E-state index in [1.165, 1.54) is 65.0 Å². The van der Waals surface area contributed by atoms with Gasteiger partial charge in [-0.3, -0.25) is 0 Å². The molecule has 272 valence electrons. The van der Waals surface area contributed by atoms with Crippen molar-refractivity contribution < 1.29 is 0 Å². The quantitative estimate of drug-likeness (QED) is 0.130. The maximum absolute atomic E-state index is 6.98. The Morgan fingerprint density at radius 2 is 1.07 bits per heavy atom. The van der Waals surface area contributed by atoms with Crippen molar-refractivity contribution in [2.24, 2.45) is 5.73 Å². The van der Waals surface area contributed by atoms with Gasteiger partial charge in [-0.2, -0.15) is 0 Å². The predicted molar refractivity (Wildman–Crippen MR) is 244 cm³/mol. The summed E-state index contributed by atoms with van der Waals surface area (Å²) in [6.07, 6.45) is 2.14. The number of benzene rings is 10. The molecule has 0 radical (unpaired) electrons. The van der Waals surface area contributed by atoms with Crippen LogP contribution in [0.25, 0.3) is 70.7 Å². The minimum atomic E-state index is -0.320. The van der Waals surface area contributed by atoms with Crippen molar-refractivity contribution in [1.29, 1.82) is 0 Å². The minimum absolute atomic E-state index is 0.320. The number of hydrogen-bond donors (Lipinski definition) is 3. The fraction of sp³-hybridized carbons (Fsp3) is 0.0370. The summed E-state index contributed by atoms with van der Waals surface area (Å²) < 4.78 is 0. The highest BCUT2D eigenvalue weighted by Crippen LogP contribution is 2.42. The van der Waals surface area contributed by atoms with E-state index in [0.717, 1.165) is 33.8 Å². The number of nitrogens with one attached hydrogen (secondary N) is 2. The number of hydrogen-bond acceptors (Lipinski definition) is 3. The van der Waals surface area contributed by atoms with E-state index in [1.54, 1.807) is 0 Å². The Labute approximate surface area is 332 Å². The zero-order chi connectivity index (χ0) is 38.1. The second-order valence-corrected chi connectivity index (χ2v) is 14.8. The van der Waals surface area contributed by atoms with Crippen molar-refractivity contribution in [3.63, 3.8) is 0 Å². The summed E-state index contributed by atoms with van der Waals surface area (Å²) >= 11 is 0. The lowest BCUT2D eigenvalue weighted by molar-refractivity contribution is 0.862. The average molecular weight is 732 g/mol. The molecule has 1 unspecified atom stereocenters. The molecule has 10 rings (SSSR count). The molecular weight excluding hydrogens is 691 g/mol. The Hall–Kier alpha value is -7.20. The van der Waals surface area contributed by atoms with Crippen LogP contribution >= 0.6 is 0 Å². The molecule has 0 saturated heterocycles. The summed E-state index contributed by atoms with van der Waals surface area (Å²) in [5, 5.41) is 20.1. The smallest absolute Gasteiger partial charge is 0.0504 e.